The molecule has 31 heavy (non-hydrogen) atoms. The van der Waals surface area contributed by atoms with E-state index in [-0.39, 0.29) is 23.0 Å². The van der Waals surface area contributed by atoms with Crippen LogP contribution in [-0.4, -0.2) is 38.6 Å². The van der Waals surface area contributed by atoms with E-state index in [0.717, 1.165) is 48.9 Å². The van der Waals surface area contributed by atoms with Crippen LogP contribution in [-0.2, 0) is 20.3 Å². The summed E-state index contributed by atoms with van der Waals surface area (Å²) in [5.41, 5.74) is 3.21. The molecule has 2 heterocycles. The predicted octanol–water partition coefficient (Wildman–Crippen LogP) is 5.40. The molecule has 0 amide bonds. The highest BCUT2D eigenvalue weighted by Crippen LogP contribution is 2.63. The monoisotopic (exact) mass is 426 g/mol. The average Bonchev–Trinajstić information content (AvgIpc) is 3.64. The lowest BCUT2D eigenvalue weighted by Gasteiger charge is -2.57. The highest BCUT2D eigenvalue weighted by Gasteiger charge is 2.53. The number of benzene rings is 1. The van der Waals surface area contributed by atoms with Crippen molar-refractivity contribution in [1.29, 1.82) is 0 Å². The maximum atomic E-state index is 6.54. The quantitative estimate of drug-likeness (QED) is 0.496. The van der Waals surface area contributed by atoms with E-state index < -0.39 is 0 Å². The van der Waals surface area contributed by atoms with Gasteiger partial charge in [0.25, 0.3) is 0 Å². The molecule has 2 aliphatic heterocycles. The molecule has 4 saturated carbocycles. The molecule has 0 N–H and O–H groups in total. The molecular weight excluding hydrogens is 388 g/mol. The Labute approximate surface area is 187 Å². The van der Waals surface area contributed by atoms with Crippen LogP contribution in [0.2, 0.25) is 0 Å². The summed E-state index contributed by atoms with van der Waals surface area (Å²) in [6.07, 6.45) is 9.94. The van der Waals surface area contributed by atoms with Crippen molar-refractivity contribution in [2.75, 3.05) is 26.4 Å². The molecule has 6 aliphatic rings. The largest absolute Gasteiger partial charge is 0.487 e. The van der Waals surface area contributed by atoms with Crippen LogP contribution < -0.4 is 9.47 Å². The molecule has 4 nitrogen and oxygen atoms in total. The third kappa shape index (κ3) is 3.88. The Morgan fingerprint density at radius 3 is 1.97 bits per heavy atom. The van der Waals surface area contributed by atoms with Gasteiger partial charge in [-0.1, -0.05) is 26.8 Å². The van der Waals surface area contributed by atoms with Gasteiger partial charge in [0, 0.05) is 5.56 Å². The van der Waals surface area contributed by atoms with Crippen LogP contribution in [0.5, 0.6) is 11.5 Å². The van der Waals surface area contributed by atoms with E-state index in [1.165, 1.54) is 49.7 Å². The van der Waals surface area contributed by atoms with Crippen molar-refractivity contribution in [1.82, 2.24) is 0 Å². The predicted molar refractivity (Wildman–Crippen MR) is 120 cm³/mol. The van der Waals surface area contributed by atoms with Gasteiger partial charge in [-0.3, -0.25) is 0 Å². The molecule has 6 fully saturated rings. The second-order valence-corrected chi connectivity index (χ2v) is 11.8. The Morgan fingerprint density at radius 1 is 0.903 bits per heavy atom. The number of hydrogen-bond acceptors (Lipinski definition) is 4. The Bertz CT molecular complexity index is 801. The summed E-state index contributed by atoms with van der Waals surface area (Å²) in [7, 11) is 0. The van der Waals surface area contributed by atoms with Crippen molar-refractivity contribution in [2.45, 2.75) is 88.8 Å². The molecule has 170 valence electrons. The third-order valence-electron chi connectivity index (χ3n) is 8.97. The van der Waals surface area contributed by atoms with E-state index >= 15 is 0 Å². The van der Waals surface area contributed by atoms with Crippen LogP contribution in [0.3, 0.4) is 0 Å². The zero-order valence-electron chi connectivity index (χ0n) is 19.5. The lowest BCUT2D eigenvalue weighted by Crippen LogP contribution is -2.48. The van der Waals surface area contributed by atoms with E-state index in [2.05, 4.69) is 32.9 Å². The van der Waals surface area contributed by atoms with Crippen LogP contribution in [0.25, 0.3) is 0 Å². The minimum Gasteiger partial charge on any atom is -0.487 e. The molecule has 4 bridgehead atoms. The lowest BCUT2D eigenvalue weighted by molar-refractivity contribution is -0.00671. The van der Waals surface area contributed by atoms with Gasteiger partial charge in [0.2, 0.25) is 0 Å². The summed E-state index contributed by atoms with van der Waals surface area (Å²) in [5, 5.41) is 0. The van der Waals surface area contributed by atoms with Gasteiger partial charge in [0.05, 0.1) is 13.2 Å². The summed E-state index contributed by atoms with van der Waals surface area (Å²) in [4.78, 5) is 0. The summed E-state index contributed by atoms with van der Waals surface area (Å²) in [6.45, 7) is 9.89. The number of epoxide rings is 2. The number of ether oxygens (including phenoxy) is 4. The molecule has 1 aromatic rings. The van der Waals surface area contributed by atoms with E-state index in [0.29, 0.717) is 13.2 Å². The molecule has 2 unspecified atom stereocenters. The summed E-state index contributed by atoms with van der Waals surface area (Å²) >= 11 is 0. The van der Waals surface area contributed by atoms with Gasteiger partial charge < -0.3 is 18.9 Å². The van der Waals surface area contributed by atoms with E-state index in [4.69, 9.17) is 18.9 Å². The van der Waals surface area contributed by atoms with Gasteiger partial charge in [-0.25, -0.2) is 0 Å². The SMILES string of the molecule is CCC(C)(C)c1cc(OCC2CO2)c(OCC2CO2)c(C23CC4CC(CC(C4)C2)C3)c1. The molecule has 0 radical (unpaired) electrons. The van der Waals surface area contributed by atoms with Crippen molar-refractivity contribution in [2.24, 2.45) is 17.8 Å². The molecular formula is C27H38O4. The third-order valence-corrected chi connectivity index (χ3v) is 8.97. The fourth-order valence-electron chi connectivity index (χ4n) is 6.98. The highest BCUT2D eigenvalue weighted by atomic mass is 16.6. The average molecular weight is 427 g/mol. The molecule has 7 rings (SSSR count). The van der Waals surface area contributed by atoms with Crippen LogP contribution in [0.15, 0.2) is 12.1 Å². The fourth-order valence-corrected chi connectivity index (χ4v) is 6.98. The highest BCUT2D eigenvalue weighted by molar-refractivity contribution is 5.55. The molecule has 4 heteroatoms. The number of rotatable bonds is 9. The minimum absolute atomic E-state index is 0.114. The van der Waals surface area contributed by atoms with Crippen LogP contribution in [0.4, 0.5) is 0 Å². The molecule has 2 atom stereocenters. The smallest absolute Gasteiger partial charge is 0.165 e. The van der Waals surface area contributed by atoms with Crippen molar-refractivity contribution >= 4 is 0 Å². The first-order chi connectivity index (χ1) is 14.9. The fraction of sp³-hybridized carbons (Fsp3) is 0.778. The first-order valence-electron chi connectivity index (χ1n) is 12.6. The molecule has 4 aliphatic carbocycles. The molecule has 0 spiro atoms. The topological polar surface area (TPSA) is 43.5 Å². The van der Waals surface area contributed by atoms with Crippen molar-refractivity contribution in [3.8, 4) is 11.5 Å². The van der Waals surface area contributed by atoms with Gasteiger partial charge in [0.1, 0.15) is 25.4 Å². The van der Waals surface area contributed by atoms with Crippen LogP contribution in [0.1, 0.15) is 76.8 Å². The van der Waals surface area contributed by atoms with E-state index in [9.17, 15) is 0 Å². The maximum Gasteiger partial charge on any atom is 0.165 e. The van der Waals surface area contributed by atoms with E-state index in [1.807, 2.05) is 0 Å². The first-order valence-corrected chi connectivity index (χ1v) is 12.6. The van der Waals surface area contributed by atoms with Crippen molar-refractivity contribution in [3.05, 3.63) is 23.3 Å². The Kier molecular flexibility index (Phi) is 4.85. The van der Waals surface area contributed by atoms with Gasteiger partial charge >= 0.3 is 0 Å². The van der Waals surface area contributed by atoms with Gasteiger partial charge in [-0.15, -0.1) is 0 Å². The Morgan fingerprint density at radius 2 is 1.45 bits per heavy atom. The summed E-state index contributed by atoms with van der Waals surface area (Å²) in [5.74, 6) is 4.64. The van der Waals surface area contributed by atoms with Gasteiger partial charge in [-0.05, 0) is 85.2 Å². The Hall–Kier alpha value is -1.26. The number of hydrogen-bond donors (Lipinski definition) is 0. The van der Waals surface area contributed by atoms with Crippen molar-refractivity contribution < 1.29 is 18.9 Å². The molecule has 2 saturated heterocycles. The molecule has 0 aromatic heterocycles. The maximum absolute atomic E-state index is 6.54. The molecule has 1 aromatic carbocycles. The van der Waals surface area contributed by atoms with Gasteiger partial charge in [0.15, 0.2) is 11.5 Å². The van der Waals surface area contributed by atoms with Crippen molar-refractivity contribution in [3.63, 3.8) is 0 Å². The summed E-state index contributed by atoms with van der Waals surface area (Å²) in [6, 6.07) is 4.78. The van der Waals surface area contributed by atoms with Crippen LogP contribution >= 0.6 is 0 Å². The second-order valence-electron chi connectivity index (χ2n) is 11.8. The lowest BCUT2D eigenvalue weighted by atomic mass is 9.48. The second kappa shape index (κ2) is 7.38. The minimum atomic E-state index is 0.114. The zero-order valence-corrected chi connectivity index (χ0v) is 19.5. The Balaban J connectivity index is 1.44. The van der Waals surface area contributed by atoms with Gasteiger partial charge in [-0.2, -0.15) is 0 Å². The zero-order chi connectivity index (χ0) is 21.2. The normalized spacial score (nSPS) is 37.7. The van der Waals surface area contributed by atoms with Crippen LogP contribution in [0, 0.1) is 17.8 Å². The first kappa shape index (κ1) is 20.4. The standard InChI is InChI=1S/C27H38O4/c1-4-26(2,3)20-8-23(27-10-17-5-18(11-27)7-19(6-17)12-27)25(31-16-22-14-29-22)24(9-20)30-15-21-13-28-21/h8-9,17-19,21-22H,4-7,10-16H2,1-3H3. The van der Waals surface area contributed by atoms with E-state index in [1.54, 1.807) is 0 Å². The summed E-state index contributed by atoms with van der Waals surface area (Å²) < 4.78 is 23.9.